The molecule has 4 rings (SSSR count). The third-order valence-corrected chi connectivity index (χ3v) is 10.6. The van der Waals surface area contributed by atoms with Gasteiger partial charge in [-0.3, -0.25) is 8.61 Å². The Morgan fingerprint density at radius 2 is 1.23 bits per heavy atom. The minimum absolute atomic E-state index is 0.0134. The van der Waals surface area contributed by atoms with Gasteiger partial charge in [0.2, 0.25) is 0 Å². The fraction of sp³-hybridized carbons (Fsp3) is 0.130. The molecule has 0 spiro atoms. The zero-order chi connectivity index (χ0) is 25.6. The maximum absolute atomic E-state index is 13.5. The highest BCUT2D eigenvalue weighted by Gasteiger charge is 2.39. The number of hydrogen-bond acceptors (Lipinski definition) is 5. The van der Waals surface area contributed by atoms with E-state index in [0.717, 1.165) is 44.9 Å². The molecule has 0 saturated heterocycles. The van der Waals surface area contributed by atoms with E-state index in [1.54, 1.807) is 24.3 Å². The molecule has 0 aliphatic heterocycles. The van der Waals surface area contributed by atoms with Gasteiger partial charge in [-0.1, -0.05) is 42.5 Å². The van der Waals surface area contributed by atoms with Crippen LogP contribution in [0, 0.1) is 0 Å². The Hall–Kier alpha value is -3.09. The molecule has 35 heavy (non-hydrogen) atoms. The average molecular weight is 541 g/mol. The lowest BCUT2D eigenvalue weighted by Gasteiger charge is -2.27. The first-order chi connectivity index (χ1) is 16.3. The zero-order valence-electron chi connectivity index (χ0n) is 18.4. The number of rotatable bonds is 6. The maximum atomic E-state index is 13.5. The van der Waals surface area contributed by atoms with Gasteiger partial charge < -0.3 is 0 Å². The molecule has 0 bridgehead atoms. The van der Waals surface area contributed by atoms with Gasteiger partial charge in [-0.05, 0) is 41.8 Å². The first-order valence-corrected chi connectivity index (χ1v) is 13.8. The lowest BCUT2D eigenvalue weighted by molar-refractivity contribution is -0.139. The molecule has 4 aromatic rings. The van der Waals surface area contributed by atoms with Crippen LogP contribution < -0.4 is 8.61 Å². The quantitative estimate of drug-likeness (QED) is 0.321. The molecule has 0 saturated carbocycles. The van der Waals surface area contributed by atoms with Crippen molar-refractivity contribution in [2.24, 2.45) is 0 Å². The molecule has 6 nitrogen and oxygen atoms in total. The third kappa shape index (κ3) is 4.48. The Kier molecular flexibility index (Phi) is 6.32. The minimum atomic E-state index is -4.90. The molecule has 1 aromatic heterocycles. The molecule has 0 unspecified atom stereocenters. The number of anilines is 2. The van der Waals surface area contributed by atoms with Gasteiger partial charge in [0.25, 0.3) is 20.0 Å². The topological polar surface area (TPSA) is 74.8 Å². The lowest BCUT2D eigenvalue weighted by Crippen LogP contribution is -2.32. The standard InChI is InChI=1S/C23H19F3N2O4S3/c1-27(34(29,30)21-14-8-4-10-17(21)23(24,25)26)18-11-5-6-12-19(18)28(2)35(31,32)22-15-16-9-3-7-13-20(16)33-22/h3-15H,1-2H3. The van der Waals surface area contributed by atoms with Crippen LogP contribution in [0.3, 0.4) is 0 Å². The van der Waals surface area contributed by atoms with Crippen LogP contribution in [0.2, 0.25) is 0 Å². The second-order valence-corrected chi connectivity index (χ2v) is 12.7. The number of fused-ring (bicyclic) bond motifs is 1. The van der Waals surface area contributed by atoms with Gasteiger partial charge in [0.05, 0.1) is 21.8 Å². The smallest absolute Gasteiger partial charge is 0.267 e. The van der Waals surface area contributed by atoms with Crippen molar-refractivity contribution in [1.29, 1.82) is 0 Å². The van der Waals surface area contributed by atoms with Crippen molar-refractivity contribution < 1.29 is 30.0 Å². The molecule has 0 aliphatic rings. The van der Waals surface area contributed by atoms with Crippen LogP contribution in [0.15, 0.2) is 88.0 Å². The highest BCUT2D eigenvalue weighted by molar-refractivity contribution is 7.95. The van der Waals surface area contributed by atoms with E-state index in [9.17, 15) is 30.0 Å². The second kappa shape index (κ2) is 8.85. The highest BCUT2D eigenvalue weighted by atomic mass is 32.2. The normalized spacial score (nSPS) is 12.6. The zero-order valence-corrected chi connectivity index (χ0v) is 20.8. The SMILES string of the molecule is CN(c1ccccc1N(C)S(=O)(=O)c1ccccc1C(F)(F)F)S(=O)(=O)c1cc2ccccc2s1. The van der Waals surface area contributed by atoms with Crippen molar-refractivity contribution in [2.75, 3.05) is 22.7 Å². The maximum Gasteiger partial charge on any atom is 0.417 e. The summed E-state index contributed by atoms with van der Waals surface area (Å²) in [7, 11) is -6.45. The van der Waals surface area contributed by atoms with Gasteiger partial charge >= 0.3 is 6.18 Å². The number of nitrogens with zero attached hydrogens (tertiary/aromatic N) is 2. The molecule has 0 N–H and O–H groups in total. The largest absolute Gasteiger partial charge is 0.417 e. The van der Waals surface area contributed by atoms with Crippen LogP contribution in [0.25, 0.3) is 10.1 Å². The predicted molar refractivity (Wildman–Crippen MR) is 131 cm³/mol. The van der Waals surface area contributed by atoms with Crippen molar-refractivity contribution in [3.05, 3.63) is 84.4 Å². The Bertz CT molecular complexity index is 1580. The number of thiophene rings is 1. The van der Waals surface area contributed by atoms with E-state index in [1.165, 1.54) is 43.4 Å². The van der Waals surface area contributed by atoms with E-state index in [4.69, 9.17) is 0 Å². The first-order valence-electron chi connectivity index (χ1n) is 10.1. The molecule has 0 radical (unpaired) electrons. The summed E-state index contributed by atoms with van der Waals surface area (Å²) < 4.78 is 96.3. The highest BCUT2D eigenvalue weighted by Crippen LogP contribution is 2.39. The molecule has 0 aliphatic carbocycles. The van der Waals surface area contributed by atoms with E-state index in [-0.39, 0.29) is 15.6 Å². The summed E-state index contributed by atoms with van der Waals surface area (Å²) in [4.78, 5) is -0.931. The van der Waals surface area contributed by atoms with E-state index >= 15 is 0 Å². The molecule has 0 atom stereocenters. The summed E-state index contributed by atoms with van der Waals surface area (Å²) >= 11 is 1.06. The lowest BCUT2D eigenvalue weighted by atomic mass is 10.2. The molecular formula is C23H19F3N2O4S3. The fourth-order valence-corrected chi connectivity index (χ4v) is 7.75. The molecule has 0 amide bonds. The van der Waals surface area contributed by atoms with Crippen molar-refractivity contribution >= 4 is 52.8 Å². The van der Waals surface area contributed by atoms with Crippen molar-refractivity contribution in [3.63, 3.8) is 0 Å². The van der Waals surface area contributed by atoms with E-state index < -0.39 is 36.7 Å². The fourth-order valence-electron chi connectivity index (χ4n) is 3.55. The van der Waals surface area contributed by atoms with Gasteiger partial charge in [-0.25, -0.2) is 16.8 Å². The summed E-state index contributed by atoms with van der Waals surface area (Å²) in [5, 5.41) is 0.737. The van der Waals surface area contributed by atoms with Crippen LogP contribution in [0.5, 0.6) is 0 Å². The number of alkyl halides is 3. The van der Waals surface area contributed by atoms with Gasteiger partial charge in [0, 0.05) is 18.8 Å². The Labute approximate surface area is 205 Å². The van der Waals surface area contributed by atoms with Crippen LogP contribution >= 0.6 is 11.3 Å². The third-order valence-electron chi connectivity index (χ3n) is 5.41. The molecule has 12 heteroatoms. The predicted octanol–water partition coefficient (Wildman–Crippen LogP) is 5.57. The number of para-hydroxylation sites is 2. The number of sulfonamides is 2. The molecule has 3 aromatic carbocycles. The van der Waals surface area contributed by atoms with Crippen LogP contribution in [-0.2, 0) is 26.2 Å². The van der Waals surface area contributed by atoms with Gasteiger partial charge in [-0.2, -0.15) is 13.2 Å². The van der Waals surface area contributed by atoms with Crippen molar-refractivity contribution in [1.82, 2.24) is 0 Å². The molecule has 1 heterocycles. The molecule has 0 fully saturated rings. The van der Waals surface area contributed by atoms with E-state index in [0.29, 0.717) is 10.4 Å². The van der Waals surface area contributed by atoms with Crippen LogP contribution in [-0.4, -0.2) is 30.9 Å². The van der Waals surface area contributed by atoms with Crippen LogP contribution in [0.4, 0.5) is 24.5 Å². The monoisotopic (exact) mass is 540 g/mol. The van der Waals surface area contributed by atoms with Gasteiger partial charge in [0.15, 0.2) is 0 Å². The van der Waals surface area contributed by atoms with Crippen molar-refractivity contribution in [3.8, 4) is 0 Å². The number of benzene rings is 3. The van der Waals surface area contributed by atoms with Crippen LogP contribution in [0.1, 0.15) is 5.56 Å². The summed E-state index contributed by atoms with van der Waals surface area (Å²) in [6, 6.07) is 18.2. The molecular weight excluding hydrogens is 521 g/mol. The van der Waals surface area contributed by atoms with Crippen molar-refractivity contribution in [2.45, 2.75) is 15.3 Å². The second-order valence-electron chi connectivity index (χ2n) is 7.53. The van der Waals surface area contributed by atoms with E-state index in [2.05, 4.69) is 0 Å². The summed E-state index contributed by atoms with van der Waals surface area (Å²) in [6.45, 7) is 0. The summed E-state index contributed by atoms with van der Waals surface area (Å²) in [6.07, 6.45) is -4.90. The van der Waals surface area contributed by atoms with Gasteiger partial charge in [0.1, 0.15) is 4.21 Å². The average Bonchev–Trinajstić information content (AvgIpc) is 3.28. The molecule has 184 valence electrons. The summed E-state index contributed by atoms with van der Waals surface area (Å²) in [5.74, 6) is 0. The Morgan fingerprint density at radius 1 is 0.714 bits per heavy atom. The first kappa shape index (κ1) is 25.0. The van der Waals surface area contributed by atoms with Gasteiger partial charge in [-0.15, -0.1) is 11.3 Å². The number of hydrogen-bond donors (Lipinski definition) is 0. The summed E-state index contributed by atoms with van der Waals surface area (Å²) in [5.41, 5.74) is -1.42. The minimum Gasteiger partial charge on any atom is -0.267 e. The Balaban J connectivity index is 1.79. The number of halogens is 3. The van der Waals surface area contributed by atoms with E-state index in [1.807, 2.05) is 0 Å². The Morgan fingerprint density at radius 3 is 1.83 bits per heavy atom.